The minimum absolute atomic E-state index is 0.00428. The van der Waals surface area contributed by atoms with Crippen LogP contribution in [0.5, 0.6) is 0 Å². The summed E-state index contributed by atoms with van der Waals surface area (Å²) in [5.41, 5.74) is 1.05. The van der Waals surface area contributed by atoms with Crippen LogP contribution in [-0.4, -0.2) is 58.3 Å². The summed E-state index contributed by atoms with van der Waals surface area (Å²) in [5.74, 6) is -0.335. The smallest absolute Gasteiger partial charge is 0.263 e. The van der Waals surface area contributed by atoms with Crippen molar-refractivity contribution in [1.29, 1.82) is 0 Å². The van der Waals surface area contributed by atoms with Crippen LogP contribution in [0, 0.1) is 6.92 Å². The standard InChI is InChI=1S/C23H24N4O6S2/c1-17-5-6-18(16-21(17)35(31,32)27-12-14-33-15-13-27)23(28)25-19-7-9-20(10-8-19)34(29,30)26-22-4-2-3-11-24-22/h2-11,16H,12-15H2,1H3,(H,24,26)(H,25,28). The van der Waals surface area contributed by atoms with Gasteiger partial charge >= 0.3 is 0 Å². The summed E-state index contributed by atoms with van der Waals surface area (Å²) >= 11 is 0. The number of rotatable bonds is 7. The van der Waals surface area contributed by atoms with Crippen molar-refractivity contribution in [3.63, 3.8) is 0 Å². The van der Waals surface area contributed by atoms with Crippen molar-refractivity contribution in [2.45, 2.75) is 16.7 Å². The van der Waals surface area contributed by atoms with Crippen LogP contribution < -0.4 is 10.0 Å². The van der Waals surface area contributed by atoms with Crippen LogP contribution >= 0.6 is 0 Å². The molecule has 0 spiro atoms. The maximum absolute atomic E-state index is 13.1. The van der Waals surface area contributed by atoms with E-state index in [0.29, 0.717) is 24.5 Å². The lowest BCUT2D eigenvalue weighted by atomic mass is 10.1. The second-order valence-corrected chi connectivity index (χ2v) is 11.4. The number of carbonyl (C=O) groups is 1. The van der Waals surface area contributed by atoms with Crippen LogP contribution in [-0.2, 0) is 24.8 Å². The molecule has 12 heteroatoms. The van der Waals surface area contributed by atoms with E-state index in [1.54, 1.807) is 31.2 Å². The number of amides is 1. The summed E-state index contributed by atoms with van der Waals surface area (Å²) in [5, 5.41) is 2.67. The first-order valence-electron chi connectivity index (χ1n) is 10.7. The Morgan fingerprint density at radius 2 is 1.69 bits per heavy atom. The van der Waals surface area contributed by atoms with Crippen molar-refractivity contribution >= 4 is 37.5 Å². The van der Waals surface area contributed by atoms with Crippen LogP contribution in [0.2, 0.25) is 0 Å². The monoisotopic (exact) mass is 516 g/mol. The summed E-state index contributed by atoms with van der Waals surface area (Å²) in [6, 6.07) is 14.9. The third-order valence-electron chi connectivity index (χ3n) is 5.36. The van der Waals surface area contributed by atoms with E-state index in [2.05, 4.69) is 15.0 Å². The molecule has 35 heavy (non-hydrogen) atoms. The average molecular weight is 517 g/mol. The summed E-state index contributed by atoms with van der Waals surface area (Å²) in [6.07, 6.45) is 1.47. The number of ether oxygens (including phenoxy) is 1. The summed E-state index contributed by atoms with van der Waals surface area (Å²) < 4.78 is 60.2. The molecule has 2 N–H and O–H groups in total. The fourth-order valence-corrected chi connectivity index (χ4v) is 6.15. The number of aryl methyl sites for hydroxylation is 1. The van der Waals surface area contributed by atoms with Crippen molar-refractivity contribution in [2.75, 3.05) is 36.3 Å². The Hall–Kier alpha value is -3.32. The molecule has 1 aliphatic heterocycles. The number of hydrogen-bond acceptors (Lipinski definition) is 7. The van der Waals surface area contributed by atoms with E-state index >= 15 is 0 Å². The maximum Gasteiger partial charge on any atom is 0.263 e. The fourth-order valence-electron chi connectivity index (χ4n) is 3.49. The molecule has 0 saturated carbocycles. The van der Waals surface area contributed by atoms with Crippen molar-refractivity contribution in [3.8, 4) is 0 Å². The van der Waals surface area contributed by atoms with E-state index in [0.717, 1.165) is 0 Å². The molecule has 2 aromatic carbocycles. The zero-order valence-electron chi connectivity index (χ0n) is 18.8. The lowest BCUT2D eigenvalue weighted by Gasteiger charge is -2.26. The highest BCUT2D eigenvalue weighted by Crippen LogP contribution is 2.23. The normalized spacial score (nSPS) is 14.9. The first-order valence-corrected chi connectivity index (χ1v) is 13.6. The van der Waals surface area contributed by atoms with E-state index in [1.165, 1.54) is 46.9 Å². The molecule has 3 aromatic rings. The predicted octanol–water partition coefficient (Wildman–Crippen LogP) is 2.46. The van der Waals surface area contributed by atoms with Gasteiger partial charge in [-0.05, 0) is 61.0 Å². The molecule has 1 aliphatic rings. The first kappa shape index (κ1) is 24.8. The topological polar surface area (TPSA) is 135 Å². The Balaban J connectivity index is 1.50. The largest absolute Gasteiger partial charge is 0.379 e. The van der Waals surface area contributed by atoms with Gasteiger partial charge in [0.05, 0.1) is 23.0 Å². The molecule has 184 valence electrons. The first-order chi connectivity index (χ1) is 16.7. The zero-order valence-corrected chi connectivity index (χ0v) is 20.5. The predicted molar refractivity (Wildman–Crippen MR) is 130 cm³/mol. The Morgan fingerprint density at radius 3 is 2.34 bits per heavy atom. The van der Waals surface area contributed by atoms with E-state index in [-0.39, 0.29) is 34.3 Å². The number of carbonyl (C=O) groups excluding carboxylic acids is 1. The molecular weight excluding hydrogens is 492 g/mol. The van der Waals surface area contributed by atoms with E-state index in [1.807, 2.05) is 0 Å². The second kappa shape index (κ2) is 10.1. The molecule has 1 amide bonds. The van der Waals surface area contributed by atoms with Gasteiger partial charge in [-0.15, -0.1) is 0 Å². The minimum Gasteiger partial charge on any atom is -0.379 e. The summed E-state index contributed by atoms with van der Waals surface area (Å²) in [6.45, 7) is 2.82. The van der Waals surface area contributed by atoms with Crippen LogP contribution in [0.25, 0.3) is 0 Å². The van der Waals surface area contributed by atoms with Crippen LogP contribution in [0.15, 0.2) is 76.7 Å². The number of nitrogens with zero attached hydrogens (tertiary/aromatic N) is 2. The number of aromatic nitrogens is 1. The number of morpholine rings is 1. The molecule has 0 radical (unpaired) electrons. The van der Waals surface area contributed by atoms with Crippen LogP contribution in [0.1, 0.15) is 15.9 Å². The quantitative estimate of drug-likeness (QED) is 0.493. The molecule has 1 saturated heterocycles. The Kier molecular flexibility index (Phi) is 7.17. The van der Waals surface area contributed by atoms with E-state index in [4.69, 9.17) is 4.74 Å². The van der Waals surface area contributed by atoms with Gasteiger partial charge in [-0.2, -0.15) is 4.31 Å². The average Bonchev–Trinajstić information content (AvgIpc) is 2.85. The number of anilines is 2. The number of benzene rings is 2. The van der Waals surface area contributed by atoms with Gasteiger partial charge in [-0.3, -0.25) is 9.52 Å². The SMILES string of the molecule is Cc1ccc(C(=O)Nc2ccc(S(=O)(=O)Nc3ccccn3)cc2)cc1S(=O)(=O)N1CCOCC1. The van der Waals surface area contributed by atoms with Gasteiger partial charge in [0, 0.05) is 30.5 Å². The minimum atomic E-state index is -3.85. The van der Waals surface area contributed by atoms with Gasteiger partial charge < -0.3 is 10.1 Å². The number of hydrogen-bond donors (Lipinski definition) is 2. The molecule has 1 aromatic heterocycles. The molecule has 1 fully saturated rings. The number of sulfonamides is 2. The van der Waals surface area contributed by atoms with Crippen molar-refractivity contribution in [3.05, 3.63) is 78.0 Å². The third-order valence-corrected chi connectivity index (χ3v) is 8.78. The van der Waals surface area contributed by atoms with Gasteiger partial charge in [0.15, 0.2) is 0 Å². The third kappa shape index (κ3) is 5.68. The molecule has 2 heterocycles. The van der Waals surface area contributed by atoms with E-state index < -0.39 is 26.0 Å². The summed E-state index contributed by atoms with van der Waals surface area (Å²) in [7, 11) is -7.63. The molecule has 0 aliphatic carbocycles. The highest BCUT2D eigenvalue weighted by Gasteiger charge is 2.28. The van der Waals surface area contributed by atoms with E-state index in [9.17, 15) is 21.6 Å². The molecule has 4 rings (SSSR count). The zero-order chi connectivity index (χ0) is 25.1. The van der Waals surface area contributed by atoms with Crippen molar-refractivity contribution in [2.24, 2.45) is 0 Å². The van der Waals surface area contributed by atoms with Crippen molar-refractivity contribution in [1.82, 2.24) is 9.29 Å². The molecule has 0 unspecified atom stereocenters. The summed E-state index contributed by atoms with van der Waals surface area (Å²) in [4.78, 5) is 16.8. The van der Waals surface area contributed by atoms with Crippen LogP contribution in [0.3, 0.4) is 0 Å². The fraction of sp³-hybridized carbons (Fsp3) is 0.217. The maximum atomic E-state index is 13.1. The highest BCUT2D eigenvalue weighted by atomic mass is 32.2. The molecular formula is C23H24N4O6S2. The second-order valence-electron chi connectivity index (χ2n) is 7.80. The highest BCUT2D eigenvalue weighted by molar-refractivity contribution is 7.92. The number of pyridine rings is 1. The molecule has 0 bridgehead atoms. The lowest BCUT2D eigenvalue weighted by molar-refractivity contribution is 0.0730. The Labute approximate surface area is 204 Å². The Bertz CT molecular complexity index is 1420. The molecule has 0 atom stereocenters. The van der Waals surface area contributed by atoms with Gasteiger partial charge in [0.1, 0.15) is 5.82 Å². The van der Waals surface area contributed by atoms with Gasteiger partial charge in [0.25, 0.3) is 15.9 Å². The van der Waals surface area contributed by atoms with Crippen LogP contribution in [0.4, 0.5) is 11.5 Å². The van der Waals surface area contributed by atoms with Gasteiger partial charge in [-0.1, -0.05) is 12.1 Å². The lowest BCUT2D eigenvalue weighted by Crippen LogP contribution is -2.40. The molecule has 10 nitrogen and oxygen atoms in total. The number of nitrogens with one attached hydrogen (secondary N) is 2. The van der Waals surface area contributed by atoms with Gasteiger partial charge in [-0.25, -0.2) is 21.8 Å². The van der Waals surface area contributed by atoms with Gasteiger partial charge in [0.2, 0.25) is 10.0 Å². The van der Waals surface area contributed by atoms with Crippen molar-refractivity contribution < 1.29 is 26.4 Å². The Morgan fingerprint density at radius 1 is 0.971 bits per heavy atom.